The van der Waals surface area contributed by atoms with Gasteiger partial charge in [-0.3, -0.25) is 4.79 Å². The molecule has 0 saturated carbocycles. The number of nitriles is 1. The Morgan fingerprint density at radius 3 is 2.45 bits per heavy atom. The van der Waals surface area contributed by atoms with Crippen molar-refractivity contribution in [3.05, 3.63) is 66.4 Å². The Kier molecular flexibility index (Phi) is 5.87. The predicted molar refractivity (Wildman–Crippen MR) is 125 cm³/mol. The molecule has 1 N–H and O–H groups in total. The first-order valence-corrected chi connectivity index (χ1v) is 11.0. The lowest BCUT2D eigenvalue weighted by molar-refractivity contribution is 0.0577. The highest BCUT2D eigenvalue weighted by Gasteiger charge is 2.30. The van der Waals surface area contributed by atoms with Gasteiger partial charge in [0.05, 0.1) is 30.9 Å². The number of carbonyl (C=O) groups is 1. The number of carbonyl (C=O) groups excluding carboxylic acids is 1. The van der Waals surface area contributed by atoms with Gasteiger partial charge in [-0.2, -0.15) is 5.26 Å². The fourth-order valence-electron chi connectivity index (χ4n) is 3.98. The molecule has 166 valence electrons. The van der Waals surface area contributed by atoms with E-state index in [1.807, 2.05) is 30.3 Å². The van der Waals surface area contributed by atoms with Crippen LogP contribution in [0.4, 0.5) is 17.3 Å². The molecule has 2 saturated heterocycles. The third-order valence-corrected chi connectivity index (χ3v) is 5.93. The van der Waals surface area contributed by atoms with Crippen LogP contribution >= 0.6 is 0 Å². The first-order valence-electron chi connectivity index (χ1n) is 11.0. The van der Waals surface area contributed by atoms with Crippen molar-refractivity contribution in [3.63, 3.8) is 0 Å². The van der Waals surface area contributed by atoms with Crippen molar-refractivity contribution >= 4 is 23.2 Å². The van der Waals surface area contributed by atoms with Crippen molar-refractivity contribution in [2.75, 3.05) is 49.6 Å². The minimum Gasteiger partial charge on any atom is -0.378 e. The monoisotopic (exact) mass is 440 g/mol. The fraction of sp³-hybridized carbons (Fsp3) is 0.280. The van der Waals surface area contributed by atoms with Crippen molar-refractivity contribution < 1.29 is 9.53 Å². The number of likely N-dealkylation sites (tertiary alicyclic amines) is 1. The number of amides is 1. The van der Waals surface area contributed by atoms with E-state index in [9.17, 15) is 4.79 Å². The average Bonchev–Trinajstić information content (AvgIpc) is 2.85. The van der Waals surface area contributed by atoms with E-state index in [-0.39, 0.29) is 11.8 Å². The molecular weight excluding hydrogens is 416 g/mol. The van der Waals surface area contributed by atoms with Crippen LogP contribution < -0.4 is 10.2 Å². The van der Waals surface area contributed by atoms with Crippen LogP contribution in [0.25, 0.3) is 11.3 Å². The summed E-state index contributed by atoms with van der Waals surface area (Å²) in [7, 11) is 0. The molecule has 0 bridgehead atoms. The standard InChI is InChI=1S/C25H24N6O2/c26-15-18-16-31(17-18)24(32)20-3-1-19(2-4-20)23-9-10-27-25(29-23)28-21-5-7-22(8-6-21)30-11-13-33-14-12-30/h1-10,18H,11-14,16-17H2,(H,27,28,29). The van der Waals surface area contributed by atoms with E-state index in [1.54, 1.807) is 23.2 Å². The summed E-state index contributed by atoms with van der Waals surface area (Å²) in [6.07, 6.45) is 1.72. The van der Waals surface area contributed by atoms with Crippen LogP contribution in [0.15, 0.2) is 60.8 Å². The molecule has 0 radical (unpaired) electrons. The van der Waals surface area contributed by atoms with Gasteiger partial charge in [0.1, 0.15) is 0 Å². The second-order valence-electron chi connectivity index (χ2n) is 8.15. The van der Waals surface area contributed by atoms with Gasteiger partial charge in [0.25, 0.3) is 5.91 Å². The predicted octanol–water partition coefficient (Wildman–Crippen LogP) is 3.32. The first kappa shape index (κ1) is 20.9. The highest BCUT2D eigenvalue weighted by atomic mass is 16.5. The maximum atomic E-state index is 12.5. The van der Waals surface area contributed by atoms with Gasteiger partial charge >= 0.3 is 0 Å². The molecule has 2 aromatic carbocycles. The fourth-order valence-corrected chi connectivity index (χ4v) is 3.98. The van der Waals surface area contributed by atoms with Crippen LogP contribution in [-0.4, -0.2) is 60.2 Å². The molecule has 8 heteroatoms. The zero-order valence-electron chi connectivity index (χ0n) is 18.1. The molecule has 0 aliphatic carbocycles. The van der Waals surface area contributed by atoms with Crippen LogP contribution in [0.3, 0.4) is 0 Å². The van der Waals surface area contributed by atoms with Gasteiger partial charge in [0.2, 0.25) is 5.95 Å². The Bertz CT molecular complexity index is 1160. The number of anilines is 3. The zero-order chi connectivity index (χ0) is 22.6. The van der Waals surface area contributed by atoms with Gasteiger partial charge in [-0.25, -0.2) is 9.97 Å². The summed E-state index contributed by atoms with van der Waals surface area (Å²) < 4.78 is 5.42. The normalized spacial score (nSPS) is 16.1. The van der Waals surface area contributed by atoms with Gasteiger partial charge in [-0.1, -0.05) is 12.1 Å². The molecule has 1 aromatic heterocycles. The zero-order valence-corrected chi connectivity index (χ0v) is 18.1. The molecular formula is C25H24N6O2. The van der Waals surface area contributed by atoms with Crippen molar-refractivity contribution in [1.82, 2.24) is 14.9 Å². The summed E-state index contributed by atoms with van der Waals surface area (Å²) in [6.45, 7) is 4.34. The summed E-state index contributed by atoms with van der Waals surface area (Å²) >= 11 is 0. The van der Waals surface area contributed by atoms with Crippen LogP contribution in [0.1, 0.15) is 10.4 Å². The lowest BCUT2D eigenvalue weighted by Crippen LogP contribution is -2.49. The van der Waals surface area contributed by atoms with Crippen molar-refractivity contribution in [1.29, 1.82) is 5.26 Å². The van der Waals surface area contributed by atoms with E-state index in [4.69, 9.17) is 10.00 Å². The van der Waals surface area contributed by atoms with Crippen LogP contribution in [0, 0.1) is 17.2 Å². The number of hydrogen-bond acceptors (Lipinski definition) is 7. The minimum atomic E-state index is -0.0456. The summed E-state index contributed by atoms with van der Waals surface area (Å²) in [4.78, 5) is 25.5. The molecule has 3 heterocycles. The maximum absolute atomic E-state index is 12.5. The average molecular weight is 441 g/mol. The van der Waals surface area contributed by atoms with Crippen LogP contribution in [0.2, 0.25) is 0 Å². The molecule has 2 aliphatic rings. The Hall–Kier alpha value is -3.96. The number of rotatable bonds is 5. The van der Waals surface area contributed by atoms with E-state index in [0.29, 0.717) is 24.6 Å². The van der Waals surface area contributed by atoms with Gasteiger partial charge in [0.15, 0.2) is 0 Å². The van der Waals surface area contributed by atoms with E-state index < -0.39 is 0 Å². The van der Waals surface area contributed by atoms with E-state index >= 15 is 0 Å². The van der Waals surface area contributed by atoms with Crippen molar-refractivity contribution in [2.45, 2.75) is 0 Å². The van der Waals surface area contributed by atoms with E-state index in [0.717, 1.165) is 43.2 Å². The summed E-state index contributed by atoms with van der Waals surface area (Å²) in [5.74, 6) is 0.421. The highest BCUT2D eigenvalue weighted by molar-refractivity contribution is 5.95. The Morgan fingerprint density at radius 2 is 1.76 bits per heavy atom. The van der Waals surface area contributed by atoms with Crippen molar-refractivity contribution in [2.24, 2.45) is 5.92 Å². The number of aromatic nitrogens is 2. The molecule has 0 spiro atoms. The smallest absolute Gasteiger partial charge is 0.253 e. The largest absolute Gasteiger partial charge is 0.378 e. The second-order valence-corrected chi connectivity index (χ2v) is 8.15. The van der Waals surface area contributed by atoms with E-state index in [2.05, 4.69) is 38.4 Å². The number of hydrogen-bond donors (Lipinski definition) is 1. The molecule has 0 atom stereocenters. The molecule has 1 amide bonds. The summed E-state index contributed by atoms with van der Waals surface area (Å²) in [5.41, 5.74) is 4.37. The first-order chi connectivity index (χ1) is 16.2. The van der Waals surface area contributed by atoms with Crippen LogP contribution in [0.5, 0.6) is 0 Å². The topological polar surface area (TPSA) is 94.4 Å². The molecule has 33 heavy (non-hydrogen) atoms. The van der Waals surface area contributed by atoms with Gasteiger partial charge < -0.3 is 19.9 Å². The molecule has 2 fully saturated rings. The van der Waals surface area contributed by atoms with E-state index in [1.165, 1.54) is 5.69 Å². The number of ether oxygens (including phenoxy) is 1. The minimum absolute atomic E-state index is 0.0429. The lowest BCUT2D eigenvalue weighted by atomic mass is 10.00. The summed E-state index contributed by atoms with van der Waals surface area (Å²) in [5, 5.41) is 12.2. The van der Waals surface area contributed by atoms with Gasteiger partial charge in [0, 0.05) is 54.9 Å². The third kappa shape index (κ3) is 4.64. The number of nitrogens with one attached hydrogen (secondary N) is 1. The molecule has 8 nitrogen and oxygen atoms in total. The second kappa shape index (κ2) is 9.27. The highest BCUT2D eigenvalue weighted by Crippen LogP contribution is 2.24. The number of nitrogens with zero attached hydrogens (tertiary/aromatic N) is 5. The lowest BCUT2D eigenvalue weighted by Gasteiger charge is -2.35. The Labute approximate surface area is 192 Å². The SMILES string of the molecule is N#CC1CN(C(=O)c2ccc(-c3ccnc(Nc4ccc(N5CCOCC5)cc4)n3)cc2)C1. The maximum Gasteiger partial charge on any atom is 0.253 e. The summed E-state index contributed by atoms with van der Waals surface area (Å²) in [6, 6.07) is 19.6. The van der Waals surface area contributed by atoms with Gasteiger partial charge in [-0.05, 0) is 42.5 Å². The molecule has 3 aromatic rings. The van der Waals surface area contributed by atoms with Gasteiger partial charge in [-0.15, -0.1) is 0 Å². The third-order valence-electron chi connectivity index (χ3n) is 5.93. The molecule has 2 aliphatic heterocycles. The number of benzene rings is 2. The Balaban J connectivity index is 1.24. The molecule has 5 rings (SSSR count). The van der Waals surface area contributed by atoms with Crippen LogP contribution in [-0.2, 0) is 4.74 Å². The van der Waals surface area contributed by atoms with Crippen molar-refractivity contribution in [3.8, 4) is 17.3 Å². The quantitative estimate of drug-likeness (QED) is 0.650. The Morgan fingerprint density at radius 1 is 1.03 bits per heavy atom. The molecule has 0 unspecified atom stereocenters. The number of morpholine rings is 1.